The van der Waals surface area contributed by atoms with E-state index in [4.69, 9.17) is 12.2 Å². The highest BCUT2D eigenvalue weighted by molar-refractivity contribution is 8.00. The SMILES string of the molecule is S=C1c2ccccc2C2(c3ccccc3)SCCCN12. The topological polar surface area (TPSA) is 3.24 Å². The summed E-state index contributed by atoms with van der Waals surface area (Å²) in [5.74, 6) is 1.18. The number of rotatable bonds is 1. The number of fused-ring (bicyclic) bond motifs is 3. The number of nitrogens with zero attached hydrogens (tertiary/aromatic N) is 1. The summed E-state index contributed by atoms with van der Waals surface area (Å²) in [5.41, 5.74) is 3.94. The molecule has 0 spiro atoms. The molecule has 2 aliphatic rings. The van der Waals surface area contributed by atoms with Crippen LogP contribution in [-0.4, -0.2) is 22.2 Å². The lowest BCUT2D eigenvalue weighted by Gasteiger charge is -2.43. The summed E-state index contributed by atoms with van der Waals surface area (Å²) in [6, 6.07) is 19.4. The Balaban J connectivity index is 2.01. The summed E-state index contributed by atoms with van der Waals surface area (Å²) in [7, 11) is 0. The lowest BCUT2D eigenvalue weighted by molar-refractivity contribution is 0.332. The fraction of sp³-hybridized carbons (Fsp3) is 0.235. The number of benzene rings is 2. The lowest BCUT2D eigenvalue weighted by atomic mass is 9.97. The average molecular weight is 297 g/mol. The van der Waals surface area contributed by atoms with E-state index in [1.807, 2.05) is 11.8 Å². The molecule has 3 heteroatoms. The first kappa shape index (κ1) is 12.4. The van der Waals surface area contributed by atoms with Gasteiger partial charge in [-0.1, -0.05) is 66.8 Å². The van der Waals surface area contributed by atoms with Crippen molar-refractivity contribution in [2.24, 2.45) is 0 Å². The molecule has 0 aromatic heterocycles. The number of hydrogen-bond acceptors (Lipinski definition) is 2. The summed E-state index contributed by atoms with van der Waals surface area (Å²) >= 11 is 7.78. The summed E-state index contributed by atoms with van der Waals surface area (Å²) in [4.78, 5) is 3.33. The fourth-order valence-corrected chi connectivity index (χ4v) is 5.32. The number of thioether (sulfide) groups is 1. The zero-order valence-corrected chi connectivity index (χ0v) is 12.7. The van der Waals surface area contributed by atoms with Gasteiger partial charge in [0.25, 0.3) is 0 Å². The van der Waals surface area contributed by atoms with Crippen molar-refractivity contribution >= 4 is 29.0 Å². The molecule has 2 aromatic carbocycles. The molecule has 2 aromatic rings. The molecule has 1 unspecified atom stereocenters. The lowest BCUT2D eigenvalue weighted by Crippen LogP contribution is -2.45. The van der Waals surface area contributed by atoms with E-state index in [0.717, 1.165) is 11.5 Å². The Morgan fingerprint density at radius 1 is 1.00 bits per heavy atom. The molecule has 4 rings (SSSR count). The van der Waals surface area contributed by atoms with Crippen molar-refractivity contribution in [1.29, 1.82) is 0 Å². The summed E-state index contributed by atoms with van der Waals surface area (Å²) in [5, 5.41) is 0. The van der Waals surface area contributed by atoms with E-state index in [0.29, 0.717) is 0 Å². The summed E-state index contributed by atoms with van der Waals surface area (Å²) in [6.45, 7) is 1.05. The van der Waals surface area contributed by atoms with Crippen LogP contribution in [0.5, 0.6) is 0 Å². The molecular weight excluding hydrogens is 282 g/mol. The Bertz CT molecular complexity index is 668. The average Bonchev–Trinajstić information content (AvgIpc) is 2.80. The van der Waals surface area contributed by atoms with Crippen molar-refractivity contribution in [3.8, 4) is 0 Å². The van der Waals surface area contributed by atoms with Crippen LogP contribution in [0, 0.1) is 0 Å². The fourth-order valence-electron chi connectivity index (χ4n) is 3.31. The van der Waals surface area contributed by atoms with Gasteiger partial charge in [0.05, 0.1) is 0 Å². The molecule has 20 heavy (non-hydrogen) atoms. The second-order valence-corrected chi connectivity index (χ2v) is 6.89. The van der Waals surface area contributed by atoms with Gasteiger partial charge in [0.15, 0.2) is 0 Å². The van der Waals surface area contributed by atoms with E-state index in [9.17, 15) is 0 Å². The molecule has 2 aliphatic heterocycles. The molecule has 0 bridgehead atoms. The molecule has 0 radical (unpaired) electrons. The summed E-state index contributed by atoms with van der Waals surface area (Å²) < 4.78 is 0. The molecule has 100 valence electrons. The molecular formula is C17H15NS2. The number of hydrogen-bond donors (Lipinski definition) is 0. The molecule has 1 fully saturated rings. The highest BCUT2D eigenvalue weighted by Gasteiger charge is 2.50. The Kier molecular flexibility index (Phi) is 2.86. The third-order valence-electron chi connectivity index (χ3n) is 4.15. The largest absolute Gasteiger partial charge is 0.340 e. The van der Waals surface area contributed by atoms with Crippen LogP contribution in [0.1, 0.15) is 23.1 Å². The van der Waals surface area contributed by atoms with Gasteiger partial charge in [-0.25, -0.2) is 0 Å². The van der Waals surface area contributed by atoms with Crippen LogP contribution in [0.2, 0.25) is 0 Å². The zero-order chi connectivity index (χ0) is 13.6. The van der Waals surface area contributed by atoms with Gasteiger partial charge in [-0.2, -0.15) is 0 Å². The smallest absolute Gasteiger partial charge is 0.139 e. The van der Waals surface area contributed by atoms with Crippen LogP contribution in [0.4, 0.5) is 0 Å². The first-order valence-corrected chi connectivity index (χ1v) is 8.34. The maximum absolute atomic E-state index is 5.76. The summed E-state index contributed by atoms with van der Waals surface area (Å²) in [6.07, 6.45) is 1.20. The normalized spacial score (nSPS) is 24.4. The Hall–Kier alpha value is -1.32. The van der Waals surface area contributed by atoms with E-state index in [1.165, 1.54) is 28.9 Å². The quantitative estimate of drug-likeness (QED) is 0.732. The van der Waals surface area contributed by atoms with Gasteiger partial charge in [-0.15, -0.1) is 11.8 Å². The molecule has 1 atom stereocenters. The van der Waals surface area contributed by atoms with Crippen LogP contribution in [0.3, 0.4) is 0 Å². The van der Waals surface area contributed by atoms with Gasteiger partial charge in [0, 0.05) is 17.7 Å². The first-order valence-electron chi connectivity index (χ1n) is 6.95. The van der Waals surface area contributed by atoms with Crippen molar-refractivity contribution in [3.05, 3.63) is 71.3 Å². The van der Waals surface area contributed by atoms with E-state index in [-0.39, 0.29) is 4.87 Å². The van der Waals surface area contributed by atoms with Crippen LogP contribution in [0.25, 0.3) is 0 Å². The van der Waals surface area contributed by atoms with E-state index in [2.05, 4.69) is 59.5 Å². The standard InChI is InChI=1S/C17H15NS2/c19-16-14-9-4-5-10-15(14)17(13-7-2-1-3-8-13)18(16)11-6-12-20-17/h1-5,7-10H,6,11-12H2. The molecule has 0 saturated carbocycles. The molecule has 1 nitrogen and oxygen atoms in total. The first-order chi connectivity index (χ1) is 9.84. The zero-order valence-electron chi connectivity index (χ0n) is 11.1. The third-order valence-corrected chi connectivity index (χ3v) is 6.18. The highest BCUT2D eigenvalue weighted by Crippen LogP contribution is 2.54. The van der Waals surface area contributed by atoms with E-state index >= 15 is 0 Å². The molecule has 2 heterocycles. The van der Waals surface area contributed by atoms with Crippen molar-refractivity contribution in [2.75, 3.05) is 12.3 Å². The second-order valence-electron chi connectivity index (χ2n) is 5.21. The molecule has 1 saturated heterocycles. The molecule has 0 amide bonds. The maximum atomic E-state index is 5.76. The van der Waals surface area contributed by atoms with Crippen LogP contribution >= 0.6 is 24.0 Å². The Morgan fingerprint density at radius 2 is 1.75 bits per heavy atom. The predicted octanol–water partition coefficient (Wildman–Crippen LogP) is 4.02. The van der Waals surface area contributed by atoms with Crippen LogP contribution in [-0.2, 0) is 4.87 Å². The maximum Gasteiger partial charge on any atom is 0.139 e. The van der Waals surface area contributed by atoms with Crippen molar-refractivity contribution < 1.29 is 0 Å². The second kappa shape index (κ2) is 4.61. The van der Waals surface area contributed by atoms with E-state index in [1.54, 1.807) is 0 Å². The van der Waals surface area contributed by atoms with Gasteiger partial charge >= 0.3 is 0 Å². The van der Waals surface area contributed by atoms with Crippen molar-refractivity contribution in [3.63, 3.8) is 0 Å². The van der Waals surface area contributed by atoms with Gasteiger partial charge in [-0.3, -0.25) is 0 Å². The van der Waals surface area contributed by atoms with Crippen molar-refractivity contribution in [2.45, 2.75) is 11.3 Å². The minimum atomic E-state index is -0.104. The van der Waals surface area contributed by atoms with E-state index < -0.39 is 0 Å². The minimum Gasteiger partial charge on any atom is -0.340 e. The molecule has 0 aliphatic carbocycles. The molecule has 0 N–H and O–H groups in total. The van der Waals surface area contributed by atoms with Gasteiger partial charge in [0.2, 0.25) is 0 Å². The third kappa shape index (κ3) is 1.54. The minimum absolute atomic E-state index is 0.104. The highest BCUT2D eigenvalue weighted by atomic mass is 32.2. The van der Waals surface area contributed by atoms with Crippen molar-refractivity contribution in [1.82, 2.24) is 4.90 Å². The van der Waals surface area contributed by atoms with Gasteiger partial charge in [0.1, 0.15) is 9.86 Å². The monoisotopic (exact) mass is 297 g/mol. The van der Waals surface area contributed by atoms with Crippen LogP contribution in [0.15, 0.2) is 54.6 Å². The predicted molar refractivity (Wildman–Crippen MR) is 89.1 cm³/mol. The Morgan fingerprint density at radius 3 is 2.60 bits per heavy atom. The number of thiocarbonyl (C=S) groups is 1. The van der Waals surface area contributed by atoms with Gasteiger partial charge in [-0.05, 0) is 17.7 Å². The van der Waals surface area contributed by atoms with Gasteiger partial charge < -0.3 is 4.90 Å². The Labute approximate surface area is 129 Å². The van der Waals surface area contributed by atoms with Crippen LogP contribution < -0.4 is 0 Å².